The van der Waals surface area contributed by atoms with Gasteiger partial charge in [-0.15, -0.1) is 0 Å². The maximum atomic E-state index is 13.3. The summed E-state index contributed by atoms with van der Waals surface area (Å²) < 4.78 is 19.0. The number of rotatable bonds is 6. The van der Waals surface area contributed by atoms with Crippen LogP contribution in [-0.2, 0) is 0 Å². The third-order valence-corrected chi connectivity index (χ3v) is 4.58. The van der Waals surface area contributed by atoms with E-state index in [0.29, 0.717) is 18.2 Å². The molecule has 1 saturated heterocycles. The maximum absolute atomic E-state index is 13.3. The van der Waals surface area contributed by atoms with Gasteiger partial charge >= 0.3 is 0 Å². The number of likely N-dealkylation sites (tertiary alicyclic amines) is 1. The van der Waals surface area contributed by atoms with E-state index in [4.69, 9.17) is 9.73 Å². The average Bonchev–Trinajstić information content (AvgIpc) is 3.20. The molecule has 0 aliphatic carbocycles. The molecule has 1 aromatic heterocycles. The van der Waals surface area contributed by atoms with Crippen LogP contribution in [0, 0.1) is 5.82 Å². The number of aromatic amines is 1. The Balaban J connectivity index is 1.54. The van der Waals surface area contributed by atoms with Gasteiger partial charge in [-0.05, 0) is 38.8 Å². The highest BCUT2D eigenvalue weighted by Gasteiger charge is 2.24. The first-order valence-corrected chi connectivity index (χ1v) is 9.46. The molecule has 0 saturated carbocycles. The second-order valence-electron chi connectivity index (χ2n) is 6.71. The fraction of sp³-hybridized carbons (Fsp3) is 0.526. The minimum atomic E-state index is -0.300. The number of hydrogen-bond donors (Lipinski definition) is 2. The van der Waals surface area contributed by atoms with E-state index in [1.165, 1.54) is 12.1 Å². The predicted molar refractivity (Wildman–Crippen MR) is 102 cm³/mol. The Morgan fingerprint density at radius 3 is 2.93 bits per heavy atom. The number of aromatic nitrogens is 3. The zero-order valence-corrected chi connectivity index (χ0v) is 15.9. The lowest BCUT2D eigenvalue weighted by atomic mass is 9.96. The van der Waals surface area contributed by atoms with Crippen molar-refractivity contribution in [1.29, 1.82) is 0 Å². The highest BCUT2D eigenvalue weighted by molar-refractivity contribution is 5.80. The predicted octanol–water partition coefficient (Wildman–Crippen LogP) is 2.56. The number of piperidine rings is 1. The first-order valence-electron chi connectivity index (χ1n) is 9.46. The molecule has 2 N–H and O–H groups in total. The van der Waals surface area contributed by atoms with Gasteiger partial charge in [0.15, 0.2) is 5.96 Å². The fourth-order valence-corrected chi connectivity index (χ4v) is 3.23. The topological polar surface area (TPSA) is 78.4 Å². The van der Waals surface area contributed by atoms with Gasteiger partial charge in [0.25, 0.3) is 0 Å². The molecule has 8 heteroatoms. The van der Waals surface area contributed by atoms with Crippen molar-refractivity contribution in [3.63, 3.8) is 0 Å². The van der Waals surface area contributed by atoms with Crippen LogP contribution in [0.15, 0.2) is 35.6 Å². The summed E-state index contributed by atoms with van der Waals surface area (Å²) in [4.78, 5) is 11.3. The van der Waals surface area contributed by atoms with Crippen LogP contribution in [0.4, 0.5) is 4.39 Å². The molecular weight excluding hydrogens is 347 g/mol. The lowest BCUT2D eigenvalue weighted by Crippen LogP contribution is -2.45. The quantitative estimate of drug-likeness (QED) is 0.600. The van der Waals surface area contributed by atoms with E-state index < -0.39 is 0 Å². The molecule has 0 bridgehead atoms. The molecule has 0 spiro atoms. The van der Waals surface area contributed by atoms with Gasteiger partial charge < -0.3 is 15.0 Å². The van der Waals surface area contributed by atoms with Crippen molar-refractivity contribution in [3.8, 4) is 5.75 Å². The van der Waals surface area contributed by atoms with E-state index in [1.54, 1.807) is 18.5 Å². The van der Waals surface area contributed by atoms with Crippen molar-refractivity contribution in [2.75, 3.05) is 26.2 Å². The fourth-order valence-electron chi connectivity index (χ4n) is 3.23. The van der Waals surface area contributed by atoms with Crippen molar-refractivity contribution in [2.45, 2.75) is 38.7 Å². The highest BCUT2D eigenvalue weighted by Crippen LogP contribution is 2.25. The van der Waals surface area contributed by atoms with Crippen LogP contribution in [0.1, 0.15) is 38.4 Å². The third-order valence-electron chi connectivity index (χ3n) is 4.58. The molecular formula is C19H27FN6O. The molecule has 1 aliphatic heterocycles. The molecule has 1 aromatic carbocycles. The average molecular weight is 374 g/mol. The van der Waals surface area contributed by atoms with Gasteiger partial charge in [-0.3, -0.25) is 5.10 Å². The smallest absolute Gasteiger partial charge is 0.194 e. The largest absolute Gasteiger partial charge is 0.489 e. The van der Waals surface area contributed by atoms with Crippen LogP contribution >= 0.6 is 0 Å². The van der Waals surface area contributed by atoms with Crippen molar-refractivity contribution in [2.24, 2.45) is 4.99 Å². The number of nitrogens with one attached hydrogen (secondary N) is 2. The molecule has 7 nitrogen and oxygen atoms in total. The maximum Gasteiger partial charge on any atom is 0.194 e. The van der Waals surface area contributed by atoms with E-state index in [-0.39, 0.29) is 11.9 Å². The first-order chi connectivity index (χ1) is 13.2. The second kappa shape index (κ2) is 9.34. The molecule has 1 fully saturated rings. The van der Waals surface area contributed by atoms with Crippen molar-refractivity contribution < 1.29 is 9.13 Å². The molecule has 2 aromatic rings. The Bertz CT molecular complexity index is 728. The Hall–Kier alpha value is -2.64. The van der Waals surface area contributed by atoms with Gasteiger partial charge in [-0.2, -0.15) is 5.10 Å². The summed E-state index contributed by atoms with van der Waals surface area (Å²) in [6.07, 6.45) is 3.43. The van der Waals surface area contributed by atoms with Crippen molar-refractivity contribution in [1.82, 2.24) is 25.4 Å². The Morgan fingerprint density at radius 1 is 1.44 bits per heavy atom. The molecule has 2 heterocycles. The lowest BCUT2D eigenvalue weighted by molar-refractivity contribution is 0.227. The SMILES string of the molecule is CCNC(=NCC(C)Oc1cccc(F)c1)N1CCC(c2ncn[nH]2)CC1. The second-order valence-corrected chi connectivity index (χ2v) is 6.71. The third kappa shape index (κ3) is 5.42. The minimum Gasteiger partial charge on any atom is -0.489 e. The van der Waals surface area contributed by atoms with Gasteiger partial charge in [0.1, 0.15) is 29.8 Å². The summed E-state index contributed by atoms with van der Waals surface area (Å²) in [6.45, 7) is 7.13. The zero-order valence-electron chi connectivity index (χ0n) is 15.9. The summed E-state index contributed by atoms with van der Waals surface area (Å²) in [7, 11) is 0. The number of nitrogens with zero attached hydrogens (tertiary/aromatic N) is 4. The molecule has 1 unspecified atom stereocenters. The van der Waals surface area contributed by atoms with Gasteiger partial charge in [0.05, 0.1) is 6.54 Å². The molecule has 0 amide bonds. The molecule has 27 heavy (non-hydrogen) atoms. The summed E-state index contributed by atoms with van der Waals surface area (Å²) in [5, 5.41) is 10.3. The van der Waals surface area contributed by atoms with Gasteiger partial charge in [0.2, 0.25) is 0 Å². The van der Waals surface area contributed by atoms with Gasteiger partial charge in [-0.25, -0.2) is 14.4 Å². The summed E-state index contributed by atoms with van der Waals surface area (Å²) in [6, 6.07) is 6.19. The number of aliphatic imine (C=N–C) groups is 1. The number of benzene rings is 1. The normalized spacial score (nSPS) is 17.0. The van der Waals surface area contributed by atoms with Gasteiger partial charge in [-0.1, -0.05) is 6.07 Å². The van der Waals surface area contributed by atoms with Gasteiger partial charge in [0, 0.05) is 31.6 Å². The summed E-state index contributed by atoms with van der Waals surface area (Å²) in [5.74, 6) is 2.50. The monoisotopic (exact) mass is 374 g/mol. The van der Waals surface area contributed by atoms with Crippen LogP contribution in [-0.4, -0.2) is 58.3 Å². The highest BCUT2D eigenvalue weighted by atomic mass is 19.1. The minimum absolute atomic E-state index is 0.146. The van der Waals surface area contributed by atoms with E-state index in [9.17, 15) is 4.39 Å². The van der Waals surface area contributed by atoms with Crippen LogP contribution < -0.4 is 10.1 Å². The molecule has 1 aliphatic rings. The van der Waals surface area contributed by atoms with E-state index in [2.05, 4.69) is 32.3 Å². The number of halogens is 1. The van der Waals surface area contributed by atoms with E-state index in [1.807, 2.05) is 6.92 Å². The van der Waals surface area contributed by atoms with Crippen molar-refractivity contribution >= 4 is 5.96 Å². The lowest BCUT2D eigenvalue weighted by Gasteiger charge is -2.33. The van der Waals surface area contributed by atoms with Crippen LogP contribution in [0.3, 0.4) is 0 Å². The summed E-state index contributed by atoms with van der Waals surface area (Å²) in [5.41, 5.74) is 0. The van der Waals surface area contributed by atoms with Crippen LogP contribution in [0.25, 0.3) is 0 Å². The number of ether oxygens (including phenoxy) is 1. The molecule has 1 atom stereocenters. The van der Waals surface area contributed by atoms with Crippen LogP contribution in [0.2, 0.25) is 0 Å². The Labute approximate surface area is 159 Å². The molecule has 3 rings (SSSR count). The van der Waals surface area contributed by atoms with E-state index >= 15 is 0 Å². The zero-order chi connectivity index (χ0) is 19.1. The first kappa shape index (κ1) is 19.1. The number of H-pyrrole nitrogens is 1. The van der Waals surface area contributed by atoms with Crippen molar-refractivity contribution in [3.05, 3.63) is 42.2 Å². The molecule has 146 valence electrons. The Kier molecular flexibility index (Phi) is 6.62. The standard InChI is InChI=1S/C19H27FN6O/c1-3-21-19(22-12-14(2)27-17-6-4-5-16(20)11-17)26-9-7-15(8-10-26)18-23-13-24-25-18/h4-6,11,13-15H,3,7-10,12H2,1-2H3,(H,21,22)(H,23,24,25). The Morgan fingerprint density at radius 2 is 2.26 bits per heavy atom. The van der Waals surface area contributed by atoms with Crippen LogP contribution in [0.5, 0.6) is 5.75 Å². The number of guanidine groups is 1. The summed E-state index contributed by atoms with van der Waals surface area (Å²) >= 11 is 0. The van der Waals surface area contributed by atoms with E-state index in [0.717, 1.165) is 44.3 Å². The molecule has 0 radical (unpaired) electrons. The number of hydrogen-bond acceptors (Lipinski definition) is 4.